The van der Waals surface area contributed by atoms with Gasteiger partial charge in [-0.05, 0) is 67.3 Å². The Labute approximate surface area is 198 Å². The molecule has 4 rings (SSSR count). The molecule has 1 saturated heterocycles. The molecule has 1 aliphatic heterocycles. The van der Waals surface area contributed by atoms with Crippen LogP contribution in [0.2, 0.25) is 0 Å². The van der Waals surface area contributed by atoms with E-state index in [9.17, 15) is 13.2 Å². The van der Waals surface area contributed by atoms with Gasteiger partial charge >= 0.3 is 0 Å². The second kappa shape index (κ2) is 9.80. The number of ketones is 1. The van der Waals surface area contributed by atoms with E-state index < -0.39 is 9.84 Å². The van der Waals surface area contributed by atoms with Crippen molar-refractivity contribution in [2.75, 3.05) is 17.3 Å². The Morgan fingerprint density at radius 1 is 1.21 bits per heavy atom. The van der Waals surface area contributed by atoms with Gasteiger partial charge < -0.3 is 4.57 Å². The van der Waals surface area contributed by atoms with Crippen molar-refractivity contribution in [3.05, 3.63) is 52.8 Å². The van der Waals surface area contributed by atoms with Crippen molar-refractivity contribution in [1.29, 1.82) is 0 Å². The van der Waals surface area contributed by atoms with Gasteiger partial charge in [-0.1, -0.05) is 37.2 Å². The van der Waals surface area contributed by atoms with Crippen LogP contribution in [0.15, 0.2) is 35.5 Å². The second-order valence-electron chi connectivity index (χ2n) is 8.57. The number of tetrazole rings is 1. The number of aromatic nitrogens is 5. The first-order chi connectivity index (χ1) is 15.8. The highest BCUT2D eigenvalue weighted by Crippen LogP contribution is 2.30. The zero-order valence-corrected chi connectivity index (χ0v) is 20.8. The topological polar surface area (TPSA) is 99.7 Å². The van der Waals surface area contributed by atoms with Crippen LogP contribution in [0.3, 0.4) is 0 Å². The molecule has 0 aliphatic carbocycles. The van der Waals surface area contributed by atoms with Crippen molar-refractivity contribution in [2.24, 2.45) is 0 Å². The summed E-state index contributed by atoms with van der Waals surface area (Å²) in [4.78, 5) is 13.0. The summed E-state index contributed by atoms with van der Waals surface area (Å²) in [5, 5.41) is 12.5. The molecule has 1 fully saturated rings. The Morgan fingerprint density at radius 3 is 2.64 bits per heavy atom. The van der Waals surface area contributed by atoms with Crippen molar-refractivity contribution >= 4 is 27.4 Å². The number of benzene rings is 1. The van der Waals surface area contributed by atoms with Gasteiger partial charge in [-0.3, -0.25) is 4.79 Å². The molecule has 0 amide bonds. The lowest BCUT2D eigenvalue weighted by atomic mass is 10.1. The van der Waals surface area contributed by atoms with E-state index in [1.807, 2.05) is 36.6 Å². The summed E-state index contributed by atoms with van der Waals surface area (Å²) in [5.74, 6) is 0.514. The summed E-state index contributed by atoms with van der Waals surface area (Å²) in [6.45, 7) is 5.99. The maximum atomic E-state index is 13.0. The maximum Gasteiger partial charge on any atom is 0.214 e. The number of unbranched alkanes of at least 4 members (excludes halogenated alkanes) is 1. The lowest BCUT2D eigenvalue weighted by molar-refractivity contribution is 0.102. The van der Waals surface area contributed by atoms with E-state index in [0.29, 0.717) is 17.1 Å². The lowest BCUT2D eigenvalue weighted by Crippen LogP contribution is -2.14. The average molecular weight is 488 g/mol. The monoisotopic (exact) mass is 487 g/mol. The molecule has 2 aromatic heterocycles. The van der Waals surface area contributed by atoms with Gasteiger partial charge in [0.2, 0.25) is 5.16 Å². The smallest absolute Gasteiger partial charge is 0.214 e. The fourth-order valence-corrected chi connectivity index (χ4v) is 6.90. The molecule has 33 heavy (non-hydrogen) atoms. The molecule has 1 aliphatic rings. The zero-order valence-electron chi connectivity index (χ0n) is 19.2. The maximum absolute atomic E-state index is 13.0. The minimum absolute atomic E-state index is 0.0235. The molecule has 0 N–H and O–H groups in total. The van der Waals surface area contributed by atoms with Crippen LogP contribution in [-0.4, -0.2) is 56.2 Å². The summed E-state index contributed by atoms with van der Waals surface area (Å²) in [6.07, 6.45) is 3.96. The first kappa shape index (κ1) is 23.7. The van der Waals surface area contributed by atoms with E-state index in [-0.39, 0.29) is 29.1 Å². The van der Waals surface area contributed by atoms with E-state index >= 15 is 0 Å². The summed E-state index contributed by atoms with van der Waals surface area (Å²) in [7, 11) is -3.00. The summed E-state index contributed by atoms with van der Waals surface area (Å²) < 4.78 is 27.5. The molecule has 1 unspecified atom stereocenters. The number of hydrogen-bond donors (Lipinski definition) is 0. The van der Waals surface area contributed by atoms with E-state index in [0.717, 1.165) is 36.3 Å². The number of aryl methyl sites for hydroxylation is 2. The SMILES string of the molecule is CCCCc1ccc(-n2nnnc2SCC(=O)c2cc(C)n(C3CCS(=O)(=O)C3)c2C)cc1. The predicted molar refractivity (Wildman–Crippen MR) is 129 cm³/mol. The predicted octanol–water partition coefficient (Wildman–Crippen LogP) is 3.76. The molecule has 10 heteroatoms. The average Bonchev–Trinajstić information content (AvgIpc) is 3.48. The molecular weight excluding hydrogens is 458 g/mol. The number of nitrogens with zero attached hydrogens (tertiary/aromatic N) is 5. The Balaban J connectivity index is 1.45. The van der Waals surface area contributed by atoms with Crippen LogP contribution in [0.5, 0.6) is 0 Å². The Kier molecular flexibility index (Phi) is 7.04. The summed E-state index contributed by atoms with van der Waals surface area (Å²) in [6, 6.07) is 9.93. The highest BCUT2D eigenvalue weighted by molar-refractivity contribution is 7.99. The highest BCUT2D eigenvalue weighted by Gasteiger charge is 2.31. The number of sulfone groups is 1. The molecule has 1 atom stereocenters. The Hall–Kier alpha value is -2.46. The first-order valence-electron chi connectivity index (χ1n) is 11.2. The molecular formula is C23H29N5O3S2. The van der Waals surface area contributed by atoms with E-state index in [1.165, 1.54) is 17.3 Å². The molecule has 0 radical (unpaired) electrons. The van der Waals surface area contributed by atoms with E-state index in [4.69, 9.17) is 0 Å². The number of carbonyl (C=O) groups excluding carboxylic acids is 1. The van der Waals surface area contributed by atoms with Gasteiger partial charge in [-0.2, -0.15) is 4.68 Å². The fraction of sp³-hybridized carbons (Fsp3) is 0.478. The van der Waals surface area contributed by atoms with Gasteiger partial charge in [-0.15, -0.1) is 5.10 Å². The fourth-order valence-electron chi connectivity index (χ4n) is 4.42. The molecule has 1 aromatic carbocycles. The molecule has 0 spiro atoms. The molecule has 3 heterocycles. The largest absolute Gasteiger partial charge is 0.344 e. The summed E-state index contributed by atoms with van der Waals surface area (Å²) >= 11 is 1.30. The van der Waals surface area contributed by atoms with Crippen molar-refractivity contribution in [3.63, 3.8) is 0 Å². The van der Waals surface area contributed by atoms with Crippen LogP contribution in [0.4, 0.5) is 0 Å². The van der Waals surface area contributed by atoms with E-state index in [2.05, 4.69) is 34.6 Å². The third-order valence-electron chi connectivity index (χ3n) is 6.13. The molecule has 3 aromatic rings. The molecule has 0 bridgehead atoms. The minimum Gasteiger partial charge on any atom is -0.344 e. The third-order valence-corrected chi connectivity index (χ3v) is 8.80. The van der Waals surface area contributed by atoms with Gasteiger partial charge in [0, 0.05) is 23.0 Å². The third kappa shape index (κ3) is 5.22. The highest BCUT2D eigenvalue weighted by atomic mass is 32.2. The van der Waals surface area contributed by atoms with Gasteiger partial charge in [0.15, 0.2) is 15.6 Å². The van der Waals surface area contributed by atoms with Gasteiger partial charge in [0.25, 0.3) is 0 Å². The number of thioether (sulfide) groups is 1. The minimum atomic E-state index is -3.00. The second-order valence-corrected chi connectivity index (χ2v) is 11.7. The Morgan fingerprint density at radius 2 is 1.97 bits per heavy atom. The zero-order chi connectivity index (χ0) is 23.6. The van der Waals surface area contributed by atoms with Gasteiger partial charge in [0.1, 0.15) is 0 Å². The molecule has 0 saturated carbocycles. The van der Waals surface area contributed by atoms with Crippen LogP contribution in [0.25, 0.3) is 5.69 Å². The van der Waals surface area contributed by atoms with Crippen molar-refractivity contribution < 1.29 is 13.2 Å². The van der Waals surface area contributed by atoms with Crippen LogP contribution < -0.4 is 0 Å². The van der Waals surface area contributed by atoms with Crippen LogP contribution in [0, 0.1) is 13.8 Å². The van der Waals surface area contributed by atoms with Crippen LogP contribution >= 0.6 is 11.8 Å². The van der Waals surface area contributed by atoms with Gasteiger partial charge in [0.05, 0.1) is 22.9 Å². The normalized spacial score (nSPS) is 17.5. The quantitative estimate of drug-likeness (QED) is 0.335. The Bertz CT molecular complexity index is 1250. The van der Waals surface area contributed by atoms with Crippen molar-refractivity contribution in [2.45, 2.75) is 57.7 Å². The molecule has 176 valence electrons. The lowest BCUT2D eigenvalue weighted by Gasteiger charge is -2.16. The first-order valence-corrected chi connectivity index (χ1v) is 14.0. The number of carbonyl (C=O) groups is 1. The number of rotatable bonds is 9. The van der Waals surface area contributed by atoms with Crippen LogP contribution in [0.1, 0.15) is 59.5 Å². The van der Waals surface area contributed by atoms with Crippen molar-refractivity contribution in [3.8, 4) is 5.69 Å². The number of Topliss-reactive ketones (excluding diaryl/α,β-unsaturated/α-hetero) is 1. The summed E-state index contributed by atoms with van der Waals surface area (Å²) in [5.41, 5.74) is 4.50. The van der Waals surface area contributed by atoms with Crippen LogP contribution in [-0.2, 0) is 16.3 Å². The number of hydrogen-bond acceptors (Lipinski definition) is 7. The van der Waals surface area contributed by atoms with Gasteiger partial charge in [-0.25, -0.2) is 8.42 Å². The standard InChI is InChI=1S/C23H29N5O3S2/c1-4-5-6-18-7-9-19(10-8-18)28-23(24-25-26-28)32-14-22(29)21-13-16(2)27(17(21)3)20-11-12-33(30,31)15-20/h7-10,13,20H,4-6,11-12,14-15H2,1-3H3. The van der Waals surface area contributed by atoms with E-state index in [1.54, 1.807) is 4.68 Å². The van der Waals surface area contributed by atoms with Crippen molar-refractivity contribution in [1.82, 2.24) is 24.8 Å². The molecule has 8 nitrogen and oxygen atoms in total.